The molecule has 2 atom stereocenters. The maximum Gasteiger partial charge on any atom is 0.246 e. The van der Waals surface area contributed by atoms with Crippen LogP contribution in [0.3, 0.4) is 0 Å². The SMILES string of the molecule is CC1C(=O)NC(C(C)(C)C)C(=O)N1Cc1ncccn1. The highest BCUT2D eigenvalue weighted by molar-refractivity contribution is 5.97. The highest BCUT2D eigenvalue weighted by Gasteiger charge is 2.43. The quantitative estimate of drug-likeness (QED) is 0.864. The number of nitrogens with zero attached hydrogens (tertiary/aromatic N) is 3. The lowest BCUT2D eigenvalue weighted by atomic mass is 9.84. The van der Waals surface area contributed by atoms with Crippen molar-refractivity contribution in [1.82, 2.24) is 20.2 Å². The van der Waals surface area contributed by atoms with Gasteiger partial charge < -0.3 is 10.2 Å². The minimum atomic E-state index is -0.519. The summed E-state index contributed by atoms with van der Waals surface area (Å²) in [6.07, 6.45) is 3.26. The van der Waals surface area contributed by atoms with Gasteiger partial charge >= 0.3 is 0 Å². The minimum absolute atomic E-state index is 0.0861. The van der Waals surface area contributed by atoms with Crippen molar-refractivity contribution in [1.29, 1.82) is 0 Å². The largest absolute Gasteiger partial charge is 0.342 e. The predicted octanol–water partition coefficient (Wildman–Crippen LogP) is 0.738. The van der Waals surface area contributed by atoms with Gasteiger partial charge in [0.25, 0.3) is 0 Å². The van der Waals surface area contributed by atoms with Gasteiger partial charge in [0.15, 0.2) is 0 Å². The van der Waals surface area contributed by atoms with Gasteiger partial charge in [-0.25, -0.2) is 9.97 Å². The average molecular weight is 276 g/mol. The van der Waals surface area contributed by atoms with Crippen LogP contribution in [0.2, 0.25) is 0 Å². The lowest BCUT2D eigenvalue weighted by Crippen LogP contribution is -2.65. The molecule has 20 heavy (non-hydrogen) atoms. The van der Waals surface area contributed by atoms with Gasteiger partial charge in [0.05, 0.1) is 6.54 Å². The molecule has 1 aromatic rings. The molecule has 0 aromatic carbocycles. The van der Waals surface area contributed by atoms with E-state index in [0.717, 1.165) is 0 Å². The zero-order valence-electron chi connectivity index (χ0n) is 12.3. The minimum Gasteiger partial charge on any atom is -0.342 e. The number of amides is 2. The van der Waals surface area contributed by atoms with Gasteiger partial charge in [-0.2, -0.15) is 0 Å². The molecule has 6 nitrogen and oxygen atoms in total. The fraction of sp³-hybridized carbons (Fsp3) is 0.571. The molecule has 1 aliphatic rings. The van der Waals surface area contributed by atoms with E-state index in [4.69, 9.17) is 0 Å². The van der Waals surface area contributed by atoms with Gasteiger partial charge in [-0.15, -0.1) is 0 Å². The van der Waals surface area contributed by atoms with Crippen LogP contribution in [-0.2, 0) is 16.1 Å². The molecule has 2 rings (SSSR count). The number of aromatic nitrogens is 2. The number of rotatable bonds is 2. The Bertz CT molecular complexity index is 510. The maximum atomic E-state index is 12.6. The zero-order valence-corrected chi connectivity index (χ0v) is 12.3. The monoisotopic (exact) mass is 276 g/mol. The van der Waals surface area contributed by atoms with E-state index in [1.54, 1.807) is 30.3 Å². The first-order valence-corrected chi connectivity index (χ1v) is 6.67. The van der Waals surface area contributed by atoms with E-state index in [2.05, 4.69) is 15.3 Å². The summed E-state index contributed by atoms with van der Waals surface area (Å²) in [5.41, 5.74) is -0.331. The van der Waals surface area contributed by atoms with E-state index in [0.29, 0.717) is 5.82 Å². The van der Waals surface area contributed by atoms with E-state index >= 15 is 0 Å². The topological polar surface area (TPSA) is 75.2 Å². The van der Waals surface area contributed by atoms with Crippen LogP contribution in [0.15, 0.2) is 18.5 Å². The van der Waals surface area contributed by atoms with Crippen LogP contribution < -0.4 is 5.32 Å². The fourth-order valence-electron chi connectivity index (χ4n) is 2.19. The molecule has 6 heteroatoms. The molecule has 1 N–H and O–H groups in total. The molecule has 0 spiro atoms. The summed E-state index contributed by atoms with van der Waals surface area (Å²) in [6, 6.07) is 0.690. The molecule has 2 heterocycles. The highest BCUT2D eigenvalue weighted by atomic mass is 16.2. The van der Waals surface area contributed by atoms with Crippen molar-refractivity contribution in [3.8, 4) is 0 Å². The number of piperazine rings is 1. The molecular weight excluding hydrogens is 256 g/mol. The first-order valence-electron chi connectivity index (χ1n) is 6.67. The van der Waals surface area contributed by atoms with Crippen LogP contribution in [0.25, 0.3) is 0 Å². The second-order valence-corrected chi connectivity index (χ2v) is 6.11. The van der Waals surface area contributed by atoms with E-state index in [9.17, 15) is 9.59 Å². The molecule has 1 aromatic heterocycles. The average Bonchev–Trinajstić information content (AvgIpc) is 2.39. The third-order valence-electron chi connectivity index (χ3n) is 3.46. The summed E-state index contributed by atoms with van der Waals surface area (Å²) in [5, 5.41) is 2.80. The van der Waals surface area contributed by atoms with E-state index < -0.39 is 12.1 Å². The molecule has 0 bridgehead atoms. The molecule has 1 aliphatic heterocycles. The second kappa shape index (κ2) is 5.19. The van der Waals surface area contributed by atoms with Crippen LogP contribution in [0.5, 0.6) is 0 Å². The standard InChI is InChI=1S/C14H20N4O2/c1-9-12(19)17-11(14(2,3)4)13(20)18(9)8-10-15-6-5-7-16-10/h5-7,9,11H,8H2,1-4H3,(H,17,19). The summed E-state index contributed by atoms with van der Waals surface area (Å²) in [7, 11) is 0. The van der Waals surface area contributed by atoms with Crippen LogP contribution in [-0.4, -0.2) is 38.8 Å². The number of carbonyl (C=O) groups is 2. The van der Waals surface area contributed by atoms with Crippen molar-refractivity contribution in [2.45, 2.75) is 46.3 Å². The lowest BCUT2D eigenvalue weighted by Gasteiger charge is -2.41. The molecule has 108 valence electrons. The smallest absolute Gasteiger partial charge is 0.246 e. The zero-order chi connectivity index (χ0) is 14.9. The van der Waals surface area contributed by atoms with Crippen LogP contribution in [0.4, 0.5) is 0 Å². The number of hydrogen-bond donors (Lipinski definition) is 1. The molecule has 2 amide bonds. The summed E-state index contributed by atoms with van der Waals surface area (Å²) in [4.78, 5) is 34.4. The number of nitrogens with one attached hydrogen (secondary N) is 1. The van der Waals surface area contributed by atoms with Crippen molar-refractivity contribution in [3.63, 3.8) is 0 Å². The van der Waals surface area contributed by atoms with Crippen molar-refractivity contribution in [2.24, 2.45) is 5.41 Å². The molecule has 0 aliphatic carbocycles. The Kier molecular flexibility index (Phi) is 3.74. The molecular formula is C14H20N4O2. The Morgan fingerprint density at radius 2 is 1.85 bits per heavy atom. The Morgan fingerprint density at radius 3 is 2.40 bits per heavy atom. The second-order valence-electron chi connectivity index (χ2n) is 6.11. The number of carbonyl (C=O) groups excluding carboxylic acids is 2. The van der Waals surface area contributed by atoms with Crippen molar-refractivity contribution in [3.05, 3.63) is 24.3 Å². The van der Waals surface area contributed by atoms with Gasteiger partial charge in [-0.3, -0.25) is 9.59 Å². The van der Waals surface area contributed by atoms with Crippen LogP contribution >= 0.6 is 0 Å². The summed E-state index contributed by atoms with van der Waals surface area (Å²) in [6.45, 7) is 7.77. The first kappa shape index (κ1) is 14.4. The van der Waals surface area contributed by atoms with Crippen molar-refractivity contribution >= 4 is 11.8 Å². The van der Waals surface area contributed by atoms with Gasteiger partial charge in [-0.1, -0.05) is 20.8 Å². The molecule has 0 saturated carbocycles. The summed E-state index contributed by atoms with van der Waals surface area (Å²) in [5.74, 6) is 0.313. The third-order valence-corrected chi connectivity index (χ3v) is 3.46. The van der Waals surface area contributed by atoms with Crippen LogP contribution in [0.1, 0.15) is 33.5 Å². The number of hydrogen-bond acceptors (Lipinski definition) is 4. The Hall–Kier alpha value is -1.98. The maximum absolute atomic E-state index is 12.6. The van der Waals surface area contributed by atoms with Gasteiger partial charge in [0, 0.05) is 12.4 Å². The van der Waals surface area contributed by atoms with Crippen molar-refractivity contribution in [2.75, 3.05) is 0 Å². The third kappa shape index (κ3) is 2.79. The Labute approximate surface area is 118 Å². The normalized spacial score (nSPS) is 23.7. The Morgan fingerprint density at radius 1 is 1.25 bits per heavy atom. The van der Waals surface area contributed by atoms with Gasteiger partial charge in [-0.05, 0) is 18.4 Å². The van der Waals surface area contributed by atoms with E-state index in [1.165, 1.54) is 0 Å². The summed E-state index contributed by atoms with van der Waals surface area (Å²) >= 11 is 0. The molecule has 1 saturated heterocycles. The highest BCUT2D eigenvalue weighted by Crippen LogP contribution is 2.25. The fourth-order valence-corrected chi connectivity index (χ4v) is 2.19. The summed E-state index contributed by atoms with van der Waals surface area (Å²) < 4.78 is 0. The van der Waals surface area contributed by atoms with E-state index in [1.807, 2.05) is 20.8 Å². The van der Waals surface area contributed by atoms with Gasteiger partial charge in [0.1, 0.15) is 17.9 Å². The van der Waals surface area contributed by atoms with Gasteiger partial charge in [0.2, 0.25) is 11.8 Å². The van der Waals surface area contributed by atoms with Crippen LogP contribution in [0, 0.1) is 5.41 Å². The predicted molar refractivity (Wildman–Crippen MR) is 73.4 cm³/mol. The molecule has 1 fully saturated rings. The molecule has 2 unspecified atom stereocenters. The first-order chi connectivity index (χ1) is 9.30. The van der Waals surface area contributed by atoms with Crippen molar-refractivity contribution < 1.29 is 9.59 Å². The van der Waals surface area contributed by atoms with E-state index in [-0.39, 0.29) is 23.8 Å². The Balaban J connectivity index is 2.25. The molecule has 0 radical (unpaired) electrons. The lowest BCUT2D eigenvalue weighted by molar-refractivity contribution is -0.152.